The molecule has 0 saturated heterocycles. The first kappa shape index (κ1) is 34.9. The number of hydrogen-bond acceptors (Lipinski definition) is 10. The highest BCUT2D eigenvalue weighted by molar-refractivity contribution is 6.34. The third-order valence-electron chi connectivity index (χ3n) is 6.90. The molecule has 0 bridgehead atoms. The molecule has 0 spiro atoms. The number of anilines is 2. The standard InChI is InChI=1S/C33H36ClN3O10/c1-33(2,3)47-32(42)37-22(16-38)31(41)36-19-10-11-21(34)20(13-19)30(40)35-18-9-7-8-17(12-18)24-14-23(39)27-25(46-24)15-26(43-4)28(44-5)29(27)45-6/h7-13,15,22,24,38H,14,16H2,1-6H3,(H,35,40)(H,36,41)(H,37,42)/t22-,24?/m0/s1. The van der Waals surface area contributed by atoms with E-state index in [1.165, 1.54) is 39.5 Å². The molecule has 1 unspecified atom stereocenters. The number of nitrogens with one attached hydrogen (secondary N) is 3. The minimum atomic E-state index is -1.31. The lowest BCUT2D eigenvalue weighted by Gasteiger charge is -2.28. The van der Waals surface area contributed by atoms with Crippen LogP contribution < -0.4 is 34.9 Å². The Balaban J connectivity index is 1.49. The molecule has 4 N–H and O–H groups in total. The maximum Gasteiger partial charge on any atom is 0.408 e. The number of Topliss-reactive ketones (excluding diaryl/α,β-unsaturated/α-hetero) is 1. The molecule has 4 rings (SSSR count). The van der Waals surface area contributed by atoms with Crippen molar-refractivity contribution in [2.45, 2.75) is 44.9 Å². The van der Waals surface area contributed by atoms with E-state index < -0.39 is 42.3 Å². The molecule has 3 aromatic carbocycles. The van der Waals surface area contributed by atoms with E-state index in [4.69, 9.17) is 35.3 Å². The van der Waals surface area contributed by atoms with Crippen LogP contribution in [0.2, 0.25) is 5.02 Å². The summed E-state index contributed by atoms with van der Waals surface area (Å²) < 4.78 is 27.6. The van der Waals surface area contributed by atoms with Crippen LogP contribution in [-0.2, 0) is 9.53 Å². The van der Waals surface area contributed by atoms with Gasteiger partial charge in [0.2, 0.25) is 11.7 Å². The number of halogens is 1. The fourth-order valence-electron chi connectivity index (χ4n) is 4.81. The van der Waals surface area contributed by atoms with Gasteiger partial charge >= 0.3 is 6.09 Å². The minimum Gasteiger partial charge on any atom is -0.493 e. The molecule has 1 aliphatic rings. The number of ether oxygens (including phenoxy) is 5. The highest BCUT2D eigenvalue weighted by Gasteiger charge is 2.34. The molecule has 13 nitrogen and oxygen atoms in total. The summed E-state index contributed by atoms with van der Waals surface area (Å²) in [5, 5.41) is 17.4. The van der Waals surface area contributed by atoms with Crippen molar-refractivity contribution in [3.63, 3.8) is 0 Å². The number of alkyl carbamates (subject to hydrolysis) is 1. The SMILES string of the molecule is COc1cc2c(c(OC)c1OC)C(=O)CC(c1cccc(NC(=O)c3cc(NC(=O)[C@H](CO)NC(=O)OC(C)(C)C)ccc3Cl)c1)O2. The second-order valence-corrected chi connectivity index (χ2v) is 11.8. The molecule has 47 heavy (non-hydrogen) atoms. The summed E-state index contributed by atoms with van der Waals surface area (Å²) in [6, 6.07) is 11.3. The molecule has 1 aliphatic heterocycles. The van der Waals surface area contributed by atoms with E-state index in [0.717, 1.165) is 0 Å². The molecule has 0 aromatic heterocycles. The summed E-state index contributed by atoms with van der Waals surface area (Å²) in [6.07, 6.45) is -1.55. The molecule has 0 fully saturated rings. The van der Waals surface area contributed by atoms with Gasteiger partial charge in [-0.3, -0.25) is 14.4 Å². The first-order valence-electron chi connectivity index (χ1n) is 14.4. The molecule has 0 aliphatic carbocycles. The molecule has 1 heterocycles. The predicted octanol–water partition coefficient (Wildman–Crippen LogP) is 5.15. The third kappa shape index (κ3) is 8.23. The van der Waals surface area contributed by atoms with Crippen molar-refractivity contribution in [2.24, 2.45) is 0 Å². The highest BCUT2D eigenvalue weighted by Crippen LogP contribution is 2.49. The Hall–Kier alpha value is -5.01. The van der Waals surface area contributed by atoms with Crippen molar-refractivity contribution >= 4 is 46.7 Å². The van der Waals surface area contributed by atoms with Gasteiger partial charge in [-0.2, -0.15) is 0 Å². The Bertz CT molecular complexity index is 1690. The van der Waals surface area contributed by atoms with Gasteiger partial charge in [-0.25, -0.2) is 4.79 Å². The van der Waals surface area contributed by atoms with Gasteiger partial charge in [-0.1, -0.05) is 23.7 Å². The van der Waals surface area contributed by atoms with Crippen LogP contribution in [0.25, 0.3) is 0 Å². The molecule has 0 saturated carbocycles. The zero-order chi connectivity index (χ0) is 34.5. The first-order chi connectivity index (χ1) is 22.3. The Labute approximate surface area is 276 Å². The Morgan fingerprint density at radius 2 is 1.68 bits per heavy atom. The topological polar surface area (TPSA) is 171 Å². The van der Waals surface area contributed by atoms with Gasteiger partial charge in [0.05, 0.1) is 44.9 Å². The lowest BCUT2D eigenvalue weighted by molar-refractivity contribution is -0.119. The van der Waals surface area contributed by atoms with Gasteiger partial charge in [-0.15, -0.1) is 0 Å². The molecular formula is C33H36ClN3O10. The van der Waals surface area contributed by atoms with E-state index in [-0.39, 0.29) is 51.3 Å². The number of aliphatic hydroxyl groups excluding tert-OH is 1. The zero-order valence-electron chi connectivity index (χ0n) is 26.7. The number of carbonyl (C=O) groups is 4. The quantitative estimate of drug-likeness (QED) is 0.226. The summed E-state index contributed by atoms with van der Waals surface area (Å²) >= 11 is 6.33. The number of ketones is 1. The van der Waals surface area contributed by atoms with Crippen molar-refractivity contribution in [1.82, 2.24) is 5.32 Å². The summed E-state index contributed by atoms with van der Waals surface area (Å²) in [7, 11) is 4.33. The molecule has 14 heteroatoms. The minimum absolute atomic E-state index is 0.00142. The summed E-state index contributed by atoms with van der Waals surface area (Å²) in [4.78, 5) is 51.4. The first-order valence-corrected chi connectivity index (χ1v) is 14.8. The van der Waals surface area contributed by atoms with Crippen LogP contribution in [-0.4, -0.2) is 68.4 Å². The molecule has 250 valence electrons. The second-order valence-electron chi connectivity index (χ2n) is 11.4. The highest BCUT2D eigenvalue weighted by atomic mass is 35.5. The molecular weight excluding hydrogens is 634 g/mol. The van der Waals surface area contributed by atoms with Gasteiger partial charge in [0.25, 0.3) is 5.91 Å². The van der Waals surface area contributed by atoms with Gasteiger partial charge < -0.3 is 44.7 Å². The normalized spacial score (nSPS) is 14.6. The Morgan fingerprint density at radius 1 is 0.979 bits per heavy atom. The number of aliphatic hydroxyl groups is 1. The predicted molar refractivity (Wildman–Crippen MR) is 173 cm³/mol. The van der Waals surface area contributed by atoms with Crippen LogP contribution in [0.4, 0.5) is 16.2 Å². The van der Waals surface area contributed by atoms with E-state index in [0.29, 0.717) is 17.0 Å². The Morgan fingerprint density at radius 3 is 2.32 bits per heavy atom. The van der Waals surface area contributed by atoms with E-state index in [2.05, 4.69) is 16.0 Å². The van der Waals surface area contributed by atoms with Crippen LogP contribution in [0.15, 0.2) is 48.5 Å². The number of rotatable bonds is 10. The average Bonchev–Trinajstić information content (AvgIpc) is 3.02. The van der Waals surface area contributed by atoms with Crippen molar-refractivity contribution in [3.05, 3.63) is 70.2 Å². The maximum atomic E-state index is 13.3. The van der Waals surface area contributed by atoms with Gasteiger partial charge in [0.15, 0.2) is 17.3 Å². The van der Waals surface area contributed by atoms with E-state index in [9.17, 15) is 24.3 Å². The van der Waals surface area contributed by atoms with Crippen LogP contribution in [0, 0.1) is 0 Å². The lowest BCUT2D eigenvalue weighted by atomic mass is 9.94. The average molecular weight is 670 g/mol. The van der Waals surface area contributed by atoms with Gasteiger partial charge in [-0.05, 0) is 56.7 Å². The number of amides is 3. The van der Waals surface area contributed by atoms with Crippen molar-refractivity contribution in [1.29, 1.82) is 0 Å². The van der Waals surface area contributed by atoms with E-state index in [1.54, 1.807) is 51.1 Å². The maximum absolute atomic E-state index is 13.3. The van der Waals surface area contributed by atoms with Gasteiger partial charge in [0, 0.05) is 17.4 Å². The number of fused-ring (bicyclic) bond motifs is 1. The lowest BCUT2D eigenvalue weighted by Crippen LogP contribution is -2.47. The summed E-state index contributed by atoms with van der Waals surface area (Å²) in [5.74, 6) is -0.448. The van der Waals surface area contributed by atoms with Gasteiger partial charge in [0.1, 0.15) is 29.1 Å². The van der Waals surface area contributed by atoms with Crippen molar-refractivity contribution < 1.29 is 48.0 Å². The van der Waals surface area contributed by atoms with Crippen LogP contribution >= 0.6 is 11.6 Å². The number of hydrogen-bond donors (Lipinski definition) is 4. The Kier molecular flexibility index (Phi) is 10.8. The van der Waals surface area contributed by atoms with Crippen molar-refractivity contribution in [2.75, 3.05) is 38.6 Å². The smallest absolute Gasteiger partial charge is 0.408 e. The van der Waals surface area contributed by atoms with E-state index >= 15 is 0 Å². The number of methoxy groups -OCH3 is 3. The van der Waals surface area contributed by atoms with Crippen LogP contribution in [0.1, 0.15) is 59.6 Å². The number of carbonyl (C=O) groups excluding carboxylic acids is 4. The molecule has 3 aromatic rings. The molecule has 3 amide bonds. The monoisotopic (exact) mass is 669 g/mol. The third-order valence-corrected chi connectivity index (χ3v) is 7.23. The summed E-state index contributed by atoms with van der Waals surface area (Å²) in [6.45, 7) is 4.29. The fourth-order valence-corrected chi connectivity index (χ4v) is 5.01. The molecule has 2 atom stereocenters. The number of benzene rings is 3. The molecule has 0 radical (unpaired) electrons. The van der Waals surface area contributed by atoms with E-state index in [1.807, 2.05) is 0 Å². The largest absolute Gasteiger partial charge is 0.493 e. The van der Waals surface area contributed by atoms with Crippen molar-refractivity contribution in [3.8, 4) is 23.0 Å². The summed E-state index contributed by atoms with van der Waals surface area (Å²) in [5.41, 5.74) is 0.696. The zero-order valence-corrected chi connectivity index (χ0v) is 27.4. The fraction of sp³-hybridized carbons (Fsp3) is 0.333. The second kappa shape index (κ2) is 14.6. The van der Waals surface area contributed by atoms with Crippen LogP contribution in [0.3, 0.4) is 0 Å². The van der Waals surface area contributed by atoms with Crippen LogP contribution in [0.5, 0.6) is 23.0 Å².